The van der Waals surface area contributed by atoms with Crippen molar-refractivity contribution in [2.45, 2.75) is 31.6 Å². The van der Waals surface area contributed by atoms with E-state index >= 15 is 0 Å². The SMILES string of the molecule is CCCCc1ccc(N2B3c4cccc5c4N(c4ccccc4C54c5ccccc5-c5ccccc54)c4cc5oc6ccccc6c5c(c43)-c3cc4oc5ccccc5c4cc32)cc1. The van der Waals surface area contributed by atoms with Crippen LogP contribution in [0.2, 0.25) is 0 Å². The topological polar surface area (TPSA) is 32.8 Å². The van der Waals surface area contributed by atoms with Gasteiger partial charge in [0.2, 0.25) is 0 Å². The summed E-state index contributed by atoms with van der Waals surface area (Å²) in [6, 6.07) is 68.1. The third kappa shape index (κ3) is 4.20. The molecule has 4 aliphatic rings. The second-order valence-electron chi connectivity index (χ2n) is 18.1. The largest absolute Gasteiger partial charge is 0.456 e. The van der Waals surface area contributed by atoms with Crippen LogP contribution in [0.25, 0.3) is 66.1 Å². The molecular weight excluding hydrogens is 779 g/mol. The quantitative estimate of drug-likeness (QED) is 0.166. The fourth-order valence-electron chi connectivity index (χ4n) is 12.5. The van der Waals surface area contributed by atoms with Crippen LogP contribution in [0.5, 0.6) is 0 Å². The molecule has 15 rings (SSSR count). The molecule has 0 N–H and O–H groups in total. The minimum Gasteiger partial charge on any atom is -0.456 e. The monoisotopic (exact) mass is 818 g/mol. The van der Waals surface area contributed by atoms with Gasteiger partial charge < -0.3 is 18.5 Å². The average Bonchev–Trinajstić information content (AvgIpc) is 4.00. The lowest BCUT2D eigenvalue weighted by Crippen LogP contribution is -2.62. The molecule has 0 bridgehead atoms. The number of aryl methyl sites for hydroxylation is 1. The predicted molar refractivity (Wildman–Crippen MR) is 264 cm³/mol. The van der Waals surface area contributed by atoms with E-state index in [4.69, 9.17) is 8.83 Å². The zero-order chi connectivity index (χ0) is 41.8. The first-order valence-corrected chi connectivity index (χ1v) is 22.8. The zero-order valence-electron chi connectivity index (χ0n) is 35.2. The Labute approximate surface area is 370 Å². The average molecular weight is 819 g/mol. The Kier molecular flexibility index (Phi) is 6.77. The smallest absolute Gasteiger partial charge is 0.333 e. The van der Waals surface area contributed by atoms with Crippen molar-refractivity contribution >= 4 is 90.1 Å². The van der Waals surface area contributed by atoms with Crippen LogP contribution >= 0.6 is 0 Å². The van der Waals surface area contributed by atoms with E-state index in [1.165, 1.54) is 85.3 Å². The maximum atomic E-state index is 6.97. The molecule has 0 fully saturated rings. The Morgan fingerprint density at radius 1 is 0.500 bits per heavy atom. The van der Waals surface area contributed by atoms with Crippen LogP contribution in [0.3, 0.4) is 0 Å². The van der Waals surface area contributed by atoms with E-state index in [-0.39, 0.29) is 6.85 Å². The molecule has 1 aliphatic carbocycles. The van der Waals surface area contributed by atoms with Crippen LogP contribution in [0.4, 0.5) is 28.4 Å². The number of anilines is 5. The molecule has 9 aromatic carbocycles. The highest BCUT2D eigenvalue weighted by Gasteiger charge is 2.56. The van der Waals surface area contributed by atoms with E-state index in [9.17, 15) is 0 Å². The second-order valence-corrected chi connectivity index (χ2v) is 18.1. The molecule has 0 atom stereocenters. The number of hydrogen-bond donors (Lipinski definition) is 0. The number of unbranched alkanes of at least 4 members (excludes halogenated alkanes) is 1. The van der Waals surface area contributed by atoms with Gasteiger partial charge >= 0.3 is 6.85 Å². The van der Waals surface area contributed by atoms with Crippen LogP contribution in [0.1, 0.15) is 47.6 Å². The summed E-state index contributed by atoms with van der Waals surface area (Å²) < 4.78 is 13.7. The van der Waals surface area contributed by atoms with Gasteiger partial charge in [0.05, 0.1) is 11.1 Å². The van der Waals surface area contributed by atoms with Gasteiger partial charge in [-0.2, -0.15) is 0 Å². The molecule has 1 spiro atoms. The molecule has 300 valence electrons. The lowest BCUT2D eigenvalue weighted by atomic mass is 9.42. The lowest BCUT2D eigenvalue weighted by molar-refractivity contribution is 0.668. The Morgan fingerprint density at radius 3 is 1.94 bits per heavy atom. The Hall–Kier alpha value is -7.76. The molecule has 0 unspecified atom stereocenters. The fraction of sp³-hybridized carbons (Fsp3) is 0.0847. The molecule has 5 heterocycles. The van der Waals surface area contributed by atoms with Crippen LogP contribution in [0.15, 0.2) is 191 Å². The molecule has 0 saturated carbocycles. The molecule has 2 aromatic heterocycles. The van der Waals surface area contributed by atoms with E-state index in [1.54, 1.807) is 0 Å². The number of para-hydroxylation sites is 4. The highest BCUT2D eigenvalue weighted by atomic mass is 16.3. The summed E-state index contributed by atoms with van der Waals surface area (Å²) in [7, 11) is 0. The minimum atomic E-state index is -0.532. The number of benzene rings is 9. The molecule has 64 heavy (non-hydrogen) atoms. The Bertz CT molecular complexity index is 3770. The molecule has 0 radical (unpaired) electrons. The summed E-state index contributed by atoms with van der Waals surface area (Å²) in [4.78, 5) is 5.24. The number of hydrogen-bond acceptors (Lipinski definition) is 4. The highest BCUT2D eigenvalue weighted by Crippen LogP contribution is 2.64. The summed E-state index contributed by atoms with van der Waals surface area (Å²) in [5.74, 6) is 0. The standard InChI is InChI=1S/C59H39BN2O2/c1-2-3-15-35-28-30-36(31-29-35)62-49-32-41-39-18-6-12-26-51(39)63-53(41)33-42(49)56-55-40-19-7-13-27-52(40)64-54(55)34-50-57(56)60(62)47-24-14-23-46-58(47)61(50)48-25-11-10-22-45(48)59(46)43-20-8-4-16-37(43)38-17-5-9-21-44(38)59/h4-14,16-34H,2-3,15H2,1H3. The third-order valence-electron chi connectivity index (χ3n) is 15.0. The van der Waals surface area contributed by atoms with Gasteiger partial charge in [-0.05, 0) is 111 Å². The summed E-state index contributed by atoms with van der Waals surface area (Å²) in [6.07, 6.45) is 3.42. The number of nitrogens with zero attached hydrogens (tertiary/aromatic N) is 2. The maximum absolute atomic E-state index is 6.97. The normalized spacial score (nSPS) is 14.5. The van der Waals surface area contributed by atoms with Crippen molar-refractivity contribution in [1.29, 1.82) is 0 Å². The first kappa shape index (κ1) is 34.8. The van der Waals surface area contributed by atoms with Crippen LogP contribution in [0, 0.1) is 0 Å². The van der Waals surface area contributed by atoms with Crippen molar-refractivity contribution in [3.05, 3.63) is 210 Å². The molecule has 3 aliphatic heterocycles. The Balaban J connectivity index is 1.12. The summed E-state index contributed by atoms with van der Waals surface area (Å²) in [5, 5.41) is 4.50. The first-order valence-electron chi connectivity index (χ1n) is 22.8. The van der Waals surface area contributed by atoms with Crippen molar-refractivity contribution in [1.82, 2.24) is 0 Å². The van der Waals surface area contributed by atoms with Crippen LogP contribution in [-0.4, -0.2) is 6.85 Å². The maximum Gasteiger partial charge on any atom is 0.333 e. The van der Waals surface area contributed by atoms with Crippen molar-refractivity contribution in [2.75, 3.05) is 9.71 Å². The number of fused-ring (bicyclic) bond motifs is 20. The van der Waals surface area contributed by atoms with Gasteiger partial charge in [-0.15, -0.1) is 0 Å². The van der Waals surface area contributed by atoms with Crippen LogP contribution in [-0.2, 0) is 11.8 Å². The van der Waals surface area contributed by atoms with E-state index in [0.29, 0.717) is 0 Å². The molecule has 5 heteroatoms. The Morgan fingerprint density at radius 2 is 1.16 bits per heavy atom. The van der Waals surface area contributed by atoms with E-state index in [2.05, 4.69) is 199 Å². The first-order chi connectivity index (χ1) is 31.7. The van der Waals surface area contributed by atoms with E-state index in [1.807, 2.05) is 0 Å². The lowest BCUT2D eigenvalue weighted by Gasteiger charge is -2.51. The number of rotatable bonds is 4. The minimum absolute atomic E-state index is 0.173. The van der Waals surface area contributed by atoms with Crippen molar-refractivity contribution in [3.8, 4) is 22.3 Å². The molecule has 4 nitrogen and oxygen atoms in total. The van der Waals surface area contributed by atoms with Gasteiger partial charge in [0.25, 0.3) is 0 Å². The number of furan rings is 2. The van der Waals surface area contributed by atoms with Crippen LogP contribution < -0.4 is 20.6 Å². The third-order valence-corrected chi connectivity index (χ3v) is 15.0. The van der Waals surface area contributed by atoms with Gasteiger partial charge in [-0.3, -0.25) is 0 Å². The summed E-state index contributed by atoms with van der Waals surface area (Å²) in [6.45, 7) is 2.10. The van der Waals surface area contributed by atoms with Gasteiger partial charge in [0.1, 0.15) is 22.3 Å². The summed E-state index contributed by atoms with van der Waals surface area (Å²) in [5.41, 5.74) is 23.1. The van der Waals surface area contributed by atoms with Crippen molar-refractivity contribution in [3.63, 3.8) is 0 Å². The molecule has 0 saturated heterocycles. The van der Waals surface area contributed by atoms with Gasteiger partial charge in [-0.25, -0.2) is 0 Å². The molecule has 0 amide bonds. The zero-order valence-corrected chi connectivity index (χ0v) is 35.2. The van der Waals surface area contributed by atoms with Crippen molar-refractivity contribution < 1.29 is 8.83 Å². The van der Waals surface area contributed by atoms with Crippen molar-refractivity contribution in [2.24, 2.45) is 0 Å². The highest BCUT2D eigenvalue weighted by molar-refractivity contribution is 6.94. The van der Waals surface area contributed by atoms with Gasteiger partial charge in [0.15, 0.2) is 0 Å². The van der Waals surface area contributed by atoms with E-state index in [0.717, 1.165) is 67.2 Å². The van der Waals surface area contributed by atoms with E-state index < -0.39 is 5.41 Å². The second kappa shape index (κ2) is 12.5. The fourth-order valence-corrected chi connectivity index (χ4v) is 12.5. The van der Waals surface area contributed by atoms with Gasteiger partial charge in [0, 0.05) is 55.9 Å². The van der Waals surface area contributed by atoms with Gasteiger partial charge in [-0.1, -0.05) is 147 Å². The predicted octanol–water partition coefficient (Wildman–Crippen LogP) is 14.2. The summed E-state index contributed by atoms with van der Waals surface area (Å²) >= 11 is 0. The molecule has 11 aromatic rings. The molecular formula is C59H39BN2O2.